The average molecular weight is 488 g/mol. The van der Waals surface area contributed by atoms with E-state index in [9.17, 15) is 27.6 Å². The highest BCUT2D eigenvalue weighted by Crippen LogP contribution is 2.34. The molecule has 0 aliphatic heterocycles. The Morgan fingerprint density at radius 3 is 2.40 bits per heavy atom. The van der Waals surface area contributed by atoms with Gasteiger partial charge >= 0.3 is 6.18 Å². The normalized spacial score (nSPS) is 11.1. The van der Waals surface area contributed by atoms with E-state index in [1.807, 2.05) is 6.07 Å². The number of carbonyl (C=O) groups is 2. The van der Waals surface area contributed by atoms with Crippen LogP contribution in [0.2, 0.25) is 0 Å². The Morgan fingerprint density at radius 1 is 1.03 bits per heavy atom. The van der Waals surface area contributed by atoms with Gasteiger partial charge in [-0.15, -0.1) is 0 Å². The fraction of sp³-hybridized carbons (Fsp3) is 0.250. The molecule has 0 spiro atoms. The summed E-state index contributed by atoms with van der Waals surface area (Å²) in [6, 6.07) is 15.9. The maximum absolute atomic E-state index is 13.2. The van der Waals surface area contributed by atoms with Crippen LogP contribution in [0.4, 0.5) is 18.9 Å². The van der Waals surface area contributed by atoms with Gasteiger partial charge < -0.3 is 15.0 Å². The third kappa shape index (κ3) is 6.92. The van der Waals surface area contributed by atoms with Crippen LogP contribution >= 0.6 is 0 Å². The van der Waals surface area contributed by atoms with E-state index in [-0.39, 0.29) is 25.4 Å². The Kier molecular flexibility index (Phi) is 8.24. The summed E-state index contributed by atoms with van der Waals surface area (Å²) in [5, 5.41) is 6.27. The molecular weight excluding hydrogens is 465 g/mol. The first kappa shape index (κ1) is 25.5. The van der Waals surface area contributed by atoms with E-state index in [4.69, 9.17) is 4.74 Å². The maximum Gasteiger partial charge on any atom is 0.418 e. The average Bonchev–Trinajstić information content (AvgIpc) is 2.83. The summed E-state index contributed by atoms with van der Waals surface area (Å²) in [7, 11) is 0. The van der Waals surface area contributed by atoms with Crippen molar-refractivity contribution in [1.29, 1.82) is 0 Å². The van der Waals surface area contributed by atoms with Gasteiger partial charge in [0, 0.05) is 12.6 Å². The molecule has 0 aliphatic rings. The van der Waals surface area contributed by atoms with E-state index in [0.717, 1.165) is 21.7 Å². The molecule has 8 nitrogen and oxygen atoms in total. The minimum Gasteiger partial charge on any atom is -0.492 e. The van der Waals surface area contributed by atoms with Gasteiger partial charge in [0.25, 0.3) is 11.5 Å². The lowest BCUT2D eigenvalue weighted by Gasteiger charge is -2.21. The van der Waals surface area contributed by atoms with Gasteiger partial charge in [-0.2, -0.15) is 18.3 Å². The number of anilines is 1. The largest absolute Gasteiger partial charge is 0.492 e. The van der Waals surface area contributed by atoms with Crippen molar-refractivity contribution in [3.05, 3.63) is 88.3 Å². The topological polar surface area (TPSA) is 93.5 Å². The van der Waals surface area contributed by atoms with Crippen LogP contribution in [0, 0.1) is 0 Å². The van der Waals surface area contributed by atoms with Crippen LogP contribution < -0.4 is 15.6 Å². The standard InChI is InChI=1S/C24H23F3N4O4/c1-2-30(16-21(32)28-19-11-7-6-10-18(19)24(25,26)27)23(34)20-12-13-22(33)31(29-20)14-15-35-17-8-4-3-5-9-17/h3-13H,2,14-16H2,1H3,(H,28,32). The molecule has 0 bridgehead atoms. The summed E-state index contributed by atoms with van der Waals surface area (Å²) in [4.78, 5) is 38.6. The van der Waals surface area contributed by atoms with Crippen molar-refractivity contribution in [2.45, 2.75) is 19.6 Å². The smallest absolute Gasteiger partial charge is 0.418 e. The number of nitrogens with one attached hydrogen (secondary N) is 1. The lowest BCUT2D eigenvalue weighted by Crippen LogP contribution is -2.39. The molecular formula is C24H23F3N4O4. The highest BCUT2D eigenvalue weighted by Gasteiger charge is 2.33. The number of alkyl halides is 3. The fourth-order valence-electron chi connectivity index (χ4n) is 3.18. The third-order valence-corrected chi connectivity index (χ3v) is 4.91. The van der Waals surface area contributed by atoms with Crippen LogP contribution in [0.15, 0.2) is 71.5 Å². The number of amides is 2. The molecule has 2 aromatic carbocycles. The second kappa shape index (κ2) is 11.3. The number of halogens is 3. The zero-order valence-electron chi connectivity index (χ0n) is 18.8. The summed E-state index contributed by atoms with van der Waals surface area (Å²) < 4.78 is 46.1. The fourth-order valence-corrected chi connectivity index (χ4v) is 3.18. The molecule has 0 saturated heterocycles. The summed E-state index contributed by atoms with van der Waals surface area (Å²) >= 11 is 0. The Balaban J connectivity index is 1.67. The molecule has 3 aromatic rings. The molecule has 11 heteroatoms. The molecule has 0 aliphatic carbocycles. The molecule has 0 unspecified atom stereocenters. The molecule has 0 fully saturated rings. The van der Waals surface area contributed by atoms with E-state index in [0.29, 0.717) is 5.75 Å². The first-order chi connectivity index (χ1) is 16.7. The lowest BCUT2D eigenvalue weighted by atomic mass is 10.1. The molecule has 1 aromatic heterocycles. The first-order valence-corrected chi connectivity index (χ1v) is 10.7. The molecule has 1 heterocycles. The van der Waals surface area contributed by atoms with Crippen molar-refractivity contribution in [3.63, 3.8) is 0 Å². The van der Waals surface area contributed by atoms with E-state index in [1.165, 1.54) is 24.3 Å². The molecule has 35 heavy (non-hydrogen) atoms. The SMILES string of the molecule is CCN(CC(=O)Nc1ccccc1C(F)(F)F)C(=O)c1ccc(=O)n(CCOc2ccccc2)n1. The summed E-state index contributed by atoms with van der Waals surface area (Å²) in [5.74, 6) is -0.839. The zero-order chi connectivity index (χ0) is 25.4. The Morgan fingerprint density at radius 2 is 1.71 bits per heavy atom. The van der Waals surface area contributed by atoms with Crippen molar-refractivity contribution in [3.8, 4) is 5.75 Å². The zero-order valence-corrected chi connectivity index (χ0v) is 18.8. The quantitative estimate of drug-likeness (QED) is 0.498. The number of likely N-dealkylation sites (N-methyl/N-ethyl adjacent to an activating group) is 1. The van der Waals surface area contributed by atoms with Gasteiger partial charge in [-0.1, -0.05) is 30.3 Å². The van der Waals surface area contributed by atoms with Crippen molar-refractivity contribution < 1.29 is 27.5 Å². The molecule has 0 atom stereocenters. The number of aromatic nitrogens is 2. The van der Waals surface area contributed by atoms with Crippen LogP contribution in [0.1, 0.15) is 23.0 Å². The Hall–Kier alpha value is -4.15. The van der Waals surface area contributed by atoms with Crippen molar-refractivity contribution in [2.24, 2.45) is 0 Å². The highest BCUT2D eigenvalue weighted by atomic mass is 19.4. The van der Waals surface area contributed by atoms with Crippen LogP contribution in [0.3, 0.4) is 0 Å². The Bertz CT molecular complexity index is 1230. The monoisotopic (exact) mass is 488 g/mol. The predicted octanol–water partition coefficient (Wildman–Crippen LogP) is 3.44. The summed E-state index contributed by atoms with van der Waals surface area (Å²) in [5.41, 5.74) is -1.93. The second-order valence-corrected chi connectivity index (χ2v) is 7.35. The van der Waals surface area contributed by atoms with Gasteiger partial charge in [-0.25, -0.2) is 4.68 Å². The molecule has 0 radical (unpaired) electrons. The van der Waals surface area contributed by atoms with Crippen LogP contribution in [-0.2, 0) is 17.5 Å². The van der Waals surface area contributed by atoms with E-state index in [1.54, 1.807) is 31.2 Å². The third-order valence-electron chi connectivity index (χ3n) is 4.91. The van der Waals surface area contributed by atoms with Crippen molar-refractivity contribution in [1.82, 2.24) is 14.7 Å². The van der Waals surface area contributed by atoms with Crippen LogP contribution in [0.25, 0.3) is 0 Å². The van der Waals surface area contributed by atoms with Crippen molar-refractivity contribution >= 4 is 17.5 Å². The lowest BCUT2D eigenvalue weighted by molar-refractivity contribution is -0.137. The number of hydrogen-bond donors (Lipinski definition) is 1. The summed E-state index contributed by atoms with van der Waals surface area (Å²) in [6.07, 6.45) is -4.65. The minimum atomic E-state index is -4.65. The van der Waals surface area contributed by atoms with Gasteiger partial charge in [0.1, 0.15) is 24.6 Å². The maximum atomic E-state index is 13.2. The number of carbonyl (C=O) groups excluding carboxylic acids is 2. The van der Waals surface area contributed by atoms with Gasteiger partial charge in [0.05, 0.1) is 17.8 Å². The van der Waals surface area contributed by atoms with E-state index in [2.05, 4.69) is 10.4 Å². The predicted molar refractivity (Wildman–Crippen MR) is 122 cm³/mol. The molecule has 3 rings (SSSR count). The molecule has 0 saturated carbocycles. The second-order valence-electron chi connectivity index (χ2n) is 7.35. The number of nitrogens with zero attached hydrogens (tertiary/aromatic N) is 3. The number of ether oxygens (including phenoxy) is 1. The number of para-hydroxylation sites is 2. The first-order valence-electron chi connectivity index (χ1n) is 10.7. The number of hydrogen-bond acceptors (Lipinski definition) is 5. The number of benzene rings is 2. The summed E-state index contributed by atoms with van der Waals surface area (Å²) in [6.45, 7) is 1.41. The van der Waals surface area contributed by atoms with Crippen molar-refractivity contribution in [2.75, 3.05) is 25.0 Å². The molecule has 1 N–H and O–H groups in total. The van der Waals surface area contributed by atoms with E-state index >= 15 is 0 Å². The molecule has 2 amide bonds. The van der Waals surface area contributed by atoms with Gasteiger partial charge in [0.2, 0.25) is 5.91 Å². The van der Waals surface area contributed by atoms with Gasteiger partial charge in [-0.3, -0.25) is 14.4 Å². The van der Waals surface area contributed by atoms with E-state index < -0.39 is 41.3 Å². The van der Waals surface area contributed by atoms with Gasteiger partial charge in [0.15, 0.2) is 0 Å². The molecule has 184 valence electrons. The van der Waals surface area contributed by atoms with Crippen LogP contribution in [0.5, 0.6) is 5.75 Å². The minimum absolute atomic E-state index is 0.0791. The highest BCUT2D eigenvalue weighted by molar-refractivity contribution is 5.98. The Labute approximate surface area is 198 Å². The van der Waals surface area contributed by atoms with Crippen LogP contribution in [-0.4, -0.2) is 46.2 Å². The number of rotatable bonds is 9. The van der Waals surface area contributed by atoms with Gasteiger partial charge in [-0.05, 0) is 37.3 Å².